The zero-order valence-electron chi connectivity index (χ0n) is 15.4. The highest BCUT2D eigenvalue weighted by Crippen LogP contribution is 2.36. The summed E-state index contributed by atoms with van der Waals surface area (Å²) in [5.74, 6) is 1.30. The van der Waals surface area contributed by atoms with E-state index in [2.05, 4.69) is 0 Å². The van der Waals surface area contributed by atoms with Crippen molar-refractivity contribution in [2.75, 3.05) is 20.8 Å². The van der Waals surface area contributed by atoms with Gasteiger partial charge in [-0.3, -0.25) is 4.79 Å². The van der Waals surface area contributed by atoms with Gasteiger partial charge in [-0.05, 0) is 55.7 Å². The minimum absolute atomic E-state index is 0.0832. The zero-order valence-corrected chi connectivity index (χ0v) is 15.4. The molecule has 138 valence electrons. The van der Waals surface area contributed by atoms with Crippen LogP contribution in [0.25, 0.3) is 0 Å². The lowest BCUT2D eigenvalue weighted by atomic mass is 9.86. The first-order valence-corrected chi connectivity index (χ1v) is 8.79. The molecule has 0 spiro atoms. The maximum absolute atomic E-state index is 13.0. The van der Waals surface area contributed by atoms with E-state index < -0.39 is 5.60 Å². The van der Waals surface area contributed by atoms with Gasteiger partial charge in [0.1, 0.15) is 17.1 Å². The summed E-state index contributed by atoms with van der Waals surface area (Å²) in [5.41, 5.74) is 0.201. The largest absolute Gasteiger partial charge is 0.497 e. The lowest BCUT2D eigenvalue weighted by Crippen LogP contribution is -2.48. The molecule has 1 saturated heterocycles. The van der Waals surface area contributed by atoms with Gasteiger partial charge in [0, 0.05) is 12.1 Å². The van der Waals surface area contributed by atoms with Crippen molar-refractivity contribution in [3.8, 4) is 11.5 Å². The van der Waals surface area contributed by atoms with E-state index in [1.54, 1.807) is 44.2 Å². The van der Waals surface area contributed by atoms with Gasteiger partial charge in [0.05, 0.1) is 20.3 Å². The van der Waals surface area contributed by atoms with Gasteiger partial charge in [-0.2, -0.15) is 0 Å². The van der Waals surface area contributed by atoms with Crippen LogP contribution in [0.4, 0.5) is 0 Å². The predicted molar refractivity (Wildman–Crippen MR) is 99.6 cm³/mol. The van der Waals surface area contributed by atoms with Crippen LogP contribution in [0.15, 0.2) is 48.5 Å². The lowest BCUT2D eigenvalue weighted by molar-refractivity contribution is -0.0177. The molecule has 2 atom stereocenters. The van der Waals surface area contributed by atoms with Gasteiger partial charge in [0.15, 0.2) is 0 Å². The second kappa shape index (κ2) is 7.38. The summed E-state index contributed by atoms with van der Waals surface area (Å²) in [7, 11) is 3.19. The van der Waals surface area contributed by atoms with Crippen molar-refractivity contribution in [3.05, 3.63) is 59.7 Å². The molecule has 0 aromatic heterocycles. The van der Waals surface area contributed by atoms with Crippen LogP contribution in [-0.2, 0) is 5.60 Å². The molecular formula is C21H25NO4. The summed E-state index contributed by atoms with van der Waals surface area (Å²) in [6.07, 6.45) is 1.63. The number of methoxy groups -OCH3 is 2. The number of amides is 1. The number of likely N-dealkylation sites (tertiary alicyclic amines) is 1. The van der Waals surface area contributed by atoms with E-state index in [-0.39, 0.29) is 11.9 Å². The zero-order chi connectivity index (χ0) is 18.7. The molecule has 5 heteroatoms. The quantitative estimate of drug-likeness (QED) is 0.895. The number of ether oxygens (including phenoxy) is 2. The van der Waals surface area contributed by atoms with Gasteiger partial charge in [-0.15, -0.1) is 0 Å². The standard InChI is InChI=1S/C21H25NO4/c1-21(24,16-9-11-17(25-2)12-10-16)19-8-5-13-22(19)20(23)15-6-4-7-18(14-15)26-3/h4,6-7,9-12,14,19,24H,5,8,13H2,1-3H3/t19-,21+/m0/s1. The predicted octanol–water partition coefficient (Wildman–Crippen LogP) is 3.22. The van der Waals surface area contributed by atoms with Gasteiger partial charge < -0.3 is 19.5 Å². The Labute approximate surface area is 154 Å². The van der Waals surface area contributed by atoms with E-state index in [1.807, 2.05) is 30.3 Å². The van der Waals surface area contributed by atoms with Gasteiger partial charge in [0.25, 0.3) is 5.91 Å². The molecule has 0 aliphatic carbocycles. The number of carbonyl (C=O) groups excluding carboxylic acids is 1. The molecule has 5 nitrogen and oxygen atoms in total. The Morgan fingerprint density at radius 2 is 1.81 bits per heavy atom. The SMILES string of the molecule is COc1ccc([C@@](C)(O)[C@@H]2CCCN2C(=O)c2cccc(OC)c2)cc1. The molecule has 0 saturated carbocycles. The van der Waals surface area contributed by atoms with Crippen molar-refractivity contribution in [3.63, 3.8) is 0 Å². The Balaban J connectivity index is 1.87. The average molecular weight is 355 g/mol. The fraction of sp³-hybridized carbons (Fsp3) is 0.381. The van der Waals surface area contributed by atoms with Crippen molar-refractivity contribution in [2.24, 2.45) is 0 Å². The second-order valence-electron chi connectivity index (χ2n) is 6.76. The van der Waals surface area contributed by atoms with Crippen molar-refractivity contribution in [1.82, 2.24) is 4.90 Å². The number of hydrogen-bond donors (Lipinski definition) is 1. The van der Waals surface area contributed by atoms with Crippen LogP contribution in [0.2, 0.25) is 0 Å². The molecule has 0 radical (unpaired) electrons. The van der Waals surface area contributed by atoms with Gasteiger partial charge in [-0.25, -0.2) is 0 Å². The number of nitrogens with zero attached hydrogens (tertiary/aromatic N) is 1. The molecule has 0 unspecified atom stereocenters. The summed E-state index contributed by atoms with van der Waals surface area (Å²) in [6.45, 7) is 2.41. The maximum Gasteiger partial charge on any atom is 0.254 e. The number of hydrogen-bond acceptors (Lipinski definition) is 4. The minimum atomic E-state index is -1.14. The molecule has 1 aliphatic rings. The first-order chi connectivity index (χ1) is 12.5. The molecular weight excluding hydrogens is 330 g/mol. The fourth-order valence-electron chi connectivity index (χ4n) is 3.64. The second-order valence-corrected chi connectivity index (χ2v) is 6.76. The van der Waals surface area contributed by atoms with Gasteiger partial charge in [0.2, 0.25) is 0 Å². The van der Waals surface area contributed by atoms with Crippen LogP contribution in [0, 0.1) is 0 Å². The summed E-state index contributed by atoms with van der Waals surface area (Å²) < 4.78 is 10.4. The Morgan fingerprint density at radius 1 is 1.12 bits per heavy atom. The maximum atomic E-state index is 13.0. The summed E-state index contributed by atoms with van der Waals surface area (Å²) >= 11 is 0. The Morgan fingerprint density at radius 3 is 2.46 bits per heavy atom. The fourth-order valence-corrected chi connectivity index (χ4v) is 3.64. The smallest absolute Gasteiger partial charge is 0.254 e. The molecule has 0 bridgehead atoms. The van der Waals surface area contributed by atoms with Crippen LogP contribution in [0.3, 0.4) is 0 Å². The van der Waals surface area contributed by atoms with Crippen molar-refractivity contribution in [1.29, 1.82) is 0 Å². The Kier molecular flexibility index (Phi) is 5.18. The molecule has 3 rings (SSSR count). The third-order valence-corrected chi connectivity index (χ3v) is 5.15. The molecule has 1 amide bonds. The number of benzene rings is 2. The normalized spacial score (nSPS) is 19.1. The summed E-state index contributed by atoms with van der Waals surface area (Å²) in [5, 5.41) is 11.3. The Hall–Kier alpha value is -2.53. The number of carbonyl (C=O) groups is 1. The monoisotopic (exact) mass is 355 g/mol. The molecule has 2 aromatic rings. The van der Waals surface area contributed by atoms with E-state index in [0.29, 0.717) is 17.9 Å². The third-order valence-electron chi connectivity index (χ3n) is 5.15. The van der Waals surface area contributed by atoms with Crippen molar-refractivity contribution < 1.29 is 19.4 Å². The van der Waals surface area contributed by atoms with Crippen LogP contribution in [0.5, 0.6) is 11.5 Å². The van der Waals surface area contributed by atoms with E-state index in [1.165, 1.54) is 0 Å². The molecule has 1 aliphatic heterocycles. The van der Waals surface area contributed by atoms with Crippen molar-refractivity contribution in [2.45, 2.75) is 31.4 Å². The average Bonchev–Trinajstić information content (AvgIpc) is 3.18. The molecule has 26 heavy (non-hydrogen) atoms. The molecule has 1 N–H and O–H groups in total. The highest BCUT2D eigenvalue weighted by atomic mass is 16.5. The first kappa shape index (κ1) is 18.3. The van der Waals surface area contributed by atoms with E-state index in [9.17, 15) is 9.90 Å². The minimum Gasteiger partial charge on any atom is -0.497 e. The molecule has 1 heterocycles. The summed E-state index contributed by atoms with van der Waals surface area (Å²) in [4.78, 5) is 14.8. The Bertz CT molecular complexity index is 770. The van der Waals surface area contributed by atoms with E-state index in [4.69, 9.17) is 9.47 Å². The number of rotatable bonds is 5. The topological polar surface area (TPSA) is 59.0 Å². The van der Waals surface area contributed by atoms with Crippen LogP contribution in [-0.4, -0.2) is 42.7 Å². The van der Waals surface area contributed by atoms with E-state index in [0.717, 1.165) is 24.2 Å². The summed E-state index contributed by atoms with van der Waals surface area (Å²) in [6, 6.07) is 14.2. The third kappa shape index (κ3) is 3.40. The first-order valence-electron chi connectivity index (χ1n) is 8.79. The lowest BCUT2D eigenvalue weighted by Gasteiger charge is -2.37. The van der Waals surface area contributed by atoms with E-state index >= 15 is 0 Å². The van der Waals surface area contributed by atoms with Crippen LogP contribution < -0.4 is 9.47 Å². The van der Waals surface area contributed by atoms with Gasteiger partial charge in [-0.1, -0.05) is 18.2 Å². The highest BCUT2D eigenvalue weighted by molar-refractivity contribution is 5.95. The van der Waals surface area contributed by atoms with Gasteiger partial charge >= 0.3 is 0 Å². The molecule has 2 aromatic carbocycles. The van der Waals surface area contributed by atoms with Crippen LogP contribution in [0.1, 0.15) is 35.7 Å². The molecule has 1 fully saturated rings. The van der Waals surface area contributed by atoms with Crippen molar-refractivity contribution >= 4 is 5.91 Å². The number of aliphatic hydroxyl groups is 1. The van der Waals surface area contributed by atoms with Crippen LogP contribution >= 0.6 is 0 Å². The highest BCUT2D eigenvalue weighted by Gasteiger charge is 2.42.